The summed E-state index contributed by atoms with van der Waals surface area (Å²) in [6, 6.07) is 0. The molecule has 2 heterocycles. The number of ketones is 1. The third kappa shape index (κ3) is 2.70. The molecule has 2 unspecified atom stereocenters. The monoisotopic (exact) mass is 534 g/mol. The van der Waals surface area contributed by atoms with Crippen LogP contribution in [0.3, 0.4) is 0 Å². The number of carbonyl (C=O) groups excluding carboxylic acids is 3. The molecule has 0 bridgehead atoms. The van der Waals surface area contributed by atoms with Crippen molar-refractivity contribution in [1.29, 1.82) is 0 Å². The summed E-state index contributed by atoms with van der Waals surface area (Å²) in [6.45, 7) is 17.1. The van der Waals surface area contributed by atoms with E-state index in [9.17, 15) is 14.4 Å². The minimum absolute atomic E-state index is 0.0477. The Kier molecular flexibility index (Phi) is 5.24. The first-order valence-electron chi connectivity index (χ1n) is 14.4. The van der Waals surface area contributed by atoms with Gasteiger partial charge >= 0.3 is 11.9 Å². The van der Waals surface area contributed by atoms with Crippen LogP contribution in [0, 0.1) is 40.9 Å². The van der Waals surface area contributed by atoms with Gasteiger partial charge in [0.1, 0.15) is 29.2 Å². The lowest BCUT2D eigenvalue weighted by Gasteiger charge is -2.52. The molecule has 7 nitrogen and oxygen atoms in total. The Bertz CT molecular complexity index is 1260. The molecule has 0 N–H and O–H groups in total. The van der Waals surface area contributed by atoms with Gasteiger partial charge in [0.05, 0.1) is 5.41 Å². The van der Waals surface area contributed by atoms with Crippen molar-refractivity contribution in [3.63, 3.8) is 0 Å². The van der Waals surface area contributed by atoms with Crippen molar-refractivity contribution >= 4 is 17.7 Å². The van der Waals surface area contributed by atoms with E-state index in [1.54, 1.807) is 14.2 Å². The highest BCUT2D eigenvalue weighted by atomic mass is 16.6. The molecule has 208 valence electrons. The molecule has 0 aromatic rings. The Hall–Kier alpha value is -2.51. The maximum absolute atomic E-state index is 14.6. The number of rotatable bonds is 2. The normalized spacial score (nSPS) is 50.3. The number of ether oxygens (including phenoxy) is 4. The standard InChI is InChI=1S/C32H38O7/c1-15-7-9-19-17(3)28(34)38-26(19)24-21(15)13-23(33)30(24)11-12-31(36-5)25-22(14-32(30,31)37-6)16(2)8-10-20-18(4)29(35)39-27(20)25/h19-22,24-27H,1-4,7-14H2,5-6H3/t19-,20-,21?,22-,24?,25-,26-,27-,30+,31-,32-/m0/s1. The van der Waals surface area contributed by atoms with Crippen molar-refractivity contribution in [1.82, 2.24) is 0 Å². The molecular weight excluding hydrogens is 496 g/mol. The average molecular weight is 535 g/mol. The summed E-state index contributed by atoms with van der Waals surface area (Å²) >= 11 is 0. The van der Waals surface area contributed by atoms with Crippen molar-refractivity contribution in [2.45, 2.75) is 74.8 Å². The number of Topliss-reactive ketones (excluding diaryl/α,β-unsaturated/α-hetero) is 1. The van der Waals surface area contributed by atoms with E-state index in [1.807, 2.05) is 0 Å². The molecule has 0 aromatic heterocycles. The first-order valence-corrected chi connectivity index (χ1v) is 14.4. The zero-order chi connectivity index (χ0) is 27.6. The Morgan fingerprint density at radius 3 is 1.87 bits per heavy atom. The topological polar surface area (TPSA) is 88.1 Å². The van der Waals surface area contributed by atoms with Crippen LogP contribution in [-0.4, -0.2) is 55.4 Å². The first-order chi connectivity index (χ1) is 18.6. The van der Waals surface area contributed by atoms with Gasteiger partial charge in [0.2, 0.25) is 0 Å². The smallest absolute Gasteiger partial charge is 0.334 e. The first kappa shape index (κ1) is 25.5. The second-order valence-corrected chi connectivity index (χ2v) is 13.1. The molecule has 11 atom stereocenters. The fourth-order valence-corrected chi connectivity index (χ4v) is 10.8. The van der Waals surface area contributed by atoms with Gasteiger partial charge in [0.15, 0.2) is 0 Å². The fourth-order valence-electron chi connectivity index (χ4n) is 10.8. The lowest BCUT2D eigenvalue weighted by atomic mass is 9.59. The van der Waals surface area contributed by atoms with E-state index in [4.69, 9.17) is 18.9 Å². The van der Waals surface area contributed by atoms with E-state index in [0.29, 0.717) is 36.8 Å². The lowest BCUT2D eigenvalue weighted by Crippen LogP contribution is -2.65. The highest BCUT2D eigenvalue weighted by Crippen LogP contribution is 2.76. The third-order valence-corrected chi connectivity index (χ3v) is 12.4. The highest BCUT2D eigenvalue weighted by molar-refractivity contribution is 5.94. The largest absolute Gasteiger partial charge is 0.458 e. The number of hydrogen-bond donors (Lipinski definition) is 0. The molecular formula is C32H38O7. The second-order valence-electron chi connectivity index (χ2n) is 13.1. The van der Waals surface area contributed by atoms with Crippen LogP contribution in [0.4, 0.5) is 0 Å². The molecule has 7 heteroatoms. The van der Waals surface area contributed by atoms with Crippen LogP contribution in [0.5, 0.6) is 0 Å². The maximum Gasteiger partial charge on any atom is 0.334 e. The van der Waals surface area contributed by atoms with E-state index < -0.39 is 28.8 Å². The molecule has 2 saturated heterocycles. The lowest BCUT2D eigenvalue weighted by molar-refractivity contribution is -0.227. The van der Waals surface area contributed by atoms with Gasteiger partial charge in [-0.05, 0) is 56.8 Å². The van der Waals surface area contributed by atoms with E-state index in [2.05, 4.69) is 26.3 Å². The van der Waals surface area contributed by atoms with E-state index in [1.165, 1.54) is 0 Å². The molecule has 7 aliphatic rings. The van der Waals surface area contributed by atoms with E-state index in [0.717, 1.165) is 36.8 Å². The van der Waals surface area contributed by atoms with Crippen LogP contribution in [0.15, 0.2) is 48.6 Å². The third-order valence-electron chi connectivity index (χ3n) is 12.4. The molecule has 5 saturated carbocycles. The number of fused-ring (bicyclic) bond motifs is 10. The number of carbonyl (C=O) groups is 3. The molecule has 7 rings (SSSR count). The summed E-state index contributed by atoms with van der Waals surface area (Å²) in [7, 11) is 3.39. The van der Waals surface area contributed by atoms with Gasteiger partial charge in [-0.1, -0.05) is 37.5 Å². The van der Waals surface area contributed by atoms with E-state index >= 15 is 0 Å². The summed E-state index contributed by atoms with van der Waals surface area (Å²) < 4.78 is 25.5. The van der Waals surface area contributed by atoms with Gasteiger partial charge in [-0.15, -0.1) is 0 Å². The molecule has 1 spiro atoms. The zero-order valence-corrected chi connectivity index (χ0v) is 23.0. The predicted octanol–water partition coefficient (Wildman–Crippen LogP) is 4.27. The highest BCUT2D eigenvalue weighted by Gasteiger charge is 2.84. The van der Waals surface area contributed by atoms with Crippen LogP contribution in [0.2, 0.25) is 0 Å². The molecule has 0 amide bonds. The molecule has 0 radical (unpaired) electrons. The molecule has 7 fully saturated rings. The van der Waals surface area contributed by atoms with Crippen LogP contribution in [0.1, 0.15) is 51.4 Å². The van der Waals surface area contributed by atoms with Crippen LogP contribution >= 0.6 is 0 Å². The fraction of sp³-hybridized carbons (Fsp3) is 0.656. The zero-order valence-electron chi connectivity index (χ0n) is 23.0. The van der Waals surface area contributed by atoms with Crippen molar-refractivity contribution in [2.75, 3.05) is 14.2 Å². The maximum atomic E-state index is 14.6. The van der Waals surface area contributed by atoms with Crippen molar-refractivity contribution in [3.05, 3.63) is 48.6 Å². The summed E-state index contributed by atoms with van der Waals surface area (Å²) in [4.78, 5) is 40.2. The minimum Gasteiger partial charge on any atom is -0.458 e. The quantitative estimate of drug-likeness (QED) is 0.297. The number of hydrogen-bond acceptors (Lipinski definition) is 7. The van der Waals surface area contributed by atoms with Gasteiger partial charge in [-0.25, -0.2) is 9.59 Å². The average Bonchev–Trinajstić information content (AvgIpc) is 3.59. The number of allylic oxidation sites excluding steroid dienone is 2. The van der Waals surface area contributed by atoms with Crippen molar-refractivity contribution in [2.24, 2.45) is 40.9 Å². The number of methoxy groups -OCH3 is 2. The summed E-state index contributed by atoms with van der Waals surface area (Å²) in [6.07, 6.45) is 4.16. The molecule has 39 heavy (non-hydrogen) atoms. The van der Waals surface area contributed by atoms with Crippen LogP contribution < -0.4 is 0 Å². The summed E-state index contributed by atoms with van der Waals surface area (Å²) in [5.74, 6) is -1.48. The SMILES string of the molecule is C=C1CC[C@H]2C(=C)C(=O)O[C@@H]2C2C1CC(=O)[C@]21CC[C@]2(OC)[C@@H]3[C@H]4OC(=O)C(=C)[C@@H]4CCC(=C)[C@@H]3C[C@@]21OC. The van der Waals surface area contributed by atoms with Crippen molar-refractivity contribution in [3.8, 4) is 0 Å². The number of esters is 2. The van der Waals surface area contributed by atoms with Crippen LogP contribution in [0.25, 0.3) is 0 Å². The summed E-state index contributed by atoms with van der Waals surface area (Å²) in [5, 5.41) is 0. The van der Waals surface area contributed by atoms with Crippen molar-refractivity contribution < 1.29 is 33.3 Å². The Balaban J connectivity index is 1.43. The minimum atomic E-state index is -1.01. The Labute approximate surface area is 229 Å². The molecule has 5 aliphatic carbocycles. The van der Waals surface area contributed by atoms with Gasteiger partial charge < -0.3 is 18.9 Å². The summed E-state index contributed by atoms with van der Waals surface area (Å²) in [5.41, 5.74) is 0.302. The molecule has 0 aromatic carbocycles. The molecule has 2 aliphatic heterocycles. The predicted molar refractivity (Wildman–Crippen MR) is 141 cm³/mol. The Morgan fingerprint density at radius 2 is 1.31 bits per heavy atom. The van der Waals surface area contributed by atoms with Crippen LogP contribution in [-0.2, 0) is 33.3 Å². The van der Waals surface area contributed by atoms with E-state index in [-0.39, 0.29) is 53.2 Å². The van der Waals surface area contributed by atoms with Gasteiger partial charge in [-0.3, -0.25) is 4.79 Å². The second kappa shape index (κ2) is 8.03. The van der Waals surface area contributed by atoms with Gasteiger partial charge in [-0.2, -0.15) is 0 Å². The Morgan fingerprint density at radius 1 is 0.744 bits per heavy atom. The van der Waals surface area contributed by atoms with Gasteiger partial charge in [0, 0.05) is 55.5 Å². The van der Waals surface area contributed by atoms with Gasteiger partial charge in [0.25, 0.3) is 0 Å².